The van der Waals surface area contributed by atoms with Gasteiger partial charge < -0.3 is 5.73 Å². The first-order valence-corrected chi connectivity index (χ1v) is 8.04. The number of benzene rings is 1. The van der Waals surface area contributed by atoms with E-state index in [1.165, 1.54) is 11.1 Å². The molecule has 2 aromatic rings. The molecule has 0 radical (unpaired) electrons. The highest BCUT2D eigenvalue weighted by atomic mass is 14.6. The normalized spacial score (nSPS) is 11.6. The average Bonchev–Trinajstić information content (AvgIpc) is 2.57. The zero-order valence-electron chi connectivity index (χ0n) is 14.2. The largest absolute Gasteiger partial charge is 0.399 e. The summed E-state index contributed by atoms with van der Waals surface area (Å²) in [6.45, 7) is 10.0. The lowest BCUT2D eigenvalue weighted by Crippen LogP contribution is -1.90. The van der Waals surface area contributed by atoms with Crippen LogP contribution >= 0.6 is 0 Å². The minimum atomic E-state index is 0.762. The first kappa shape index (κ1) is 17.5. The number of allylic oxidation sites excluding steroid dienone is 5. The number of nitrogens with zero attached hydrogens (tertiary/aromatic N) is 1. The van der Waals surface area contributed by atoms with Crippen molar-refractivity contribution >= 4 is 11.8 Å². The molecule has 1 heterocycles. The van der Waals surface area contributed by atoms with Gasteiger partial charge in [0.15, 0.2) is 0 Å². The highest BCUT2D eigenvalue weighted by molar-refractivity contribution is 5.58. The first-order chi connectivity index (χ1) is 11.6. The number of nitrogen functional groups attached to an aromatic ring is 1. The predicted molar refractivity (Wildman–Crippen MR) is 105 cm³/mol. The second-order valence-electron chi connectivity index (χ2n) is 5.81. The van der Waals surface area contributed by atoms with E-state index in [1.807, 2.05) is 55.6 Å². The van der Waals surface area contributed by atoms with E-state index in [-0.39, 0.29) is 0 Å². The van der Waals surface area contributed by atoms with Crippen molar-refractivity contribution in [1.29, 1.82) is 0 Å². The second-order valence-corrected chi connectivity index (χ2v) is 5.81. The highest BCUT2D eigenvalue weighted by Crippen LogP contribution is 2.15. The van der Waals surface area contributed by atoms with E-state index >= 15 is 0 Å². The van der Waals surface area contributed by atoms with Gasteiger partial charge in [0.2, 0.25) is 0 Å². The molecule has 0 saturated heterocycles. The van der Waals surface area contributed by atoms with Crippen molar-refractivity contribution in [2.75, 3.05) is 5.73 Å². The molecule has 0 amide bonds. The Morgan fingerprint density at radius 1 is 1.25 bits per heavy atom. The lowest BCUT2D eigenvalue weighted by atomic mass is 10.0. The van der Waals surface area contributed by atoms with E-state index in [0.717, 1.165) is 35.4 Å². The summed E-state index contributed by atoms with van der Waals surface area (Å²) in [5, 5.41) is 0. The van der Waals surface area contributed by atoms with Gasteiger partial charge in [-0.2, -0.15) is 0 Å². The van der Waals surface area contributed by atoms with Crippen molar-refractivity contribution in [1.82, 2.24) is 4.98 Å². The van der Waals surface area contributed by atoms with Crippen LogP contribution in [0.2, 0.25) is 0 Å². The van der Waals surface area contributed by atoms with Crippen molar-refractivity contribution < 1.29 is 0 Å². The molecular formula is C22H24N2. The van der Waals surface area contributed by atoms with Gasteiger partial charge in [-0.05, 0) is 66.3 Å². The number of pyridine rings is 1. The van der Waals surface area contributed by atoms with Gasteiger partial charge in [0.05, 0.1) is 0 Å². The van der Waals surface area contributed by atoms with Gasteiger partial charge in [0.25, 0.3) is 0 Å². The molecular weight excluding hydrogens is 292 g/mol. The number of aryl methyl sites for hydroxylation is 2. The molecule has 2 nitrogen and oxygen atoms in total. The number of rotatable bonds is 7. The van der Waals surface area contributed by atoms with E-state index in [4.69, 9.17) is 5.73 Å². The van der Waals surface area contributed by atoms with E-state index in [9.17, 15) is 0 Å². The summed E-state index contributed by atoms with van der Waals surface area (Å²) in [5.41, 5.74) is 12.1. The molecule has 0 atom stereocenters. The molecule has 0 unspecified atom stereocenters. The average molecular weight is 316 g/mol. The molecule has 0 spiro atoms. The van der Waals surface area contributed by atoms with Crippen LogP contribution < -0.4 is 5.73 Å². The molecule has 0 aliphatic carbocycles. The smallest absolute Gasteiger partial charge is 0.0375 e. The van der Waals surface area contributed by atoms with E-state index in [1.54, 1.807) is 0 Å². The van der Waals surface area contributed by atoms with Crippen molar-refractivity contribution in [3.8, 4) is 0 Å². The molecule has 2 heteroatoms. The summed E-state index contributed by atoms with van der Waals surface area (Å²) >= 11 is 0. The van der Waals surface area contributed by atoms with Gasteiger partial charge in [-0.1, -0.05) is 49.6 Å². The summed E-state index contributed by atoms with van der Waals surface area (Å²) in [5.74, 6) is 0. The third-order valence-corrected chi connectivity index (χ3v) is 3.70. The van der Waals surface area contributed by atoms with Crippen LogP contribution in [0.3, 0.4) is 0 Å². The Labute approximate surface area is 144 Å². The minimum absolute atomic E-state index is 0.762. The van der Waals surface area contributed by atoms with Gasteiger partial charge in [-0.3, -0.25) is 4.98 Å². The number of aromatic nitrogens is 1. The summed E-state index contributed by atoms with van der Waals surface area (Å²) in [4.78, 5) is 4.23. The van der Waals surface area contributed by atoms with Gasteiger partial charge >= 0.3 is 0 Å². The van der Waals surface area contributed by atoms with Crippen molar-refractivity contribution in [3.63, 3.8) is 0 Å². The summed E-state index contributed by atoms with van der Waals surface area (Å²) < 4.78 is 0. The number of hydrogen-bond donors (Lipinski definition) is 1. The van der Waals surface area contributed by atoms with Crippen molar-refractivity contribution in [3.05, 3.63) is 102 Å². The first-order valence-electron chi connectivity index (χ1n) is 8.04. The van der Waals surface area contributed by atoms with Crippen LogP contribution in [-0.2, 0) is 6.42 Å². The molecule has 2 N–H and O–H groups in total. The maximum Gasteiger partial charge on any atom is 0.0375 e. The molecule has 0 aliphatic rings. The molecule has 0 aliphatic heterocycles. The van der Waals surface area contributed by atoms with Crippen LogP contribution in [0.25, 0.3) is 6.08 Å². The Balaban J connectivity index is 1.98. The molecule has 1 aromatic carbocycles. The summed E-state index contributed by atoms with van der Waals surface area (Å²) in [6, 6.07) is 12.0. The van der Waals surface area contributed by atoms with E-state index in [0.29, 0.717) is 0 Å². The van der Waals surface area contributed by atoms with E-state index < -0.39 is 0 Å². The molecule has 0 fully saturated rings. The highest BCUT2D eigenvalue weighted by Gasteiger charge is 1.98. The number of hydrogen-bond acceptors (Lipinski definition) is 2. The minimum Gasteiger partial charge on any atom is -0.399 e. The van der Waals surface area contributed by atoms with Gasteiger partial charge in [0, 0.05) is 17.6 Å². The molecule has 0 saturated carbocycles. The fourth-order valence-corrected chi connectivity index (χ4v) is 2.43. The van der Waals surface area contributed by atoms with Crippen LogP contribution in [-0.4, -0.2) is 4.98 Å². The summed E-state index contributed by atoms with van der Waals surface area (Å²) in [6.07, 6.45) is 11.7. The van der Waals surface area contributed by atoms with Gasteiger partial charge in [-0.25, -0.2) is 0 Å². The lowest BCUT2D eigenvalue weighted by molar-refractivity contribution is 0.954. The van der Waals surface area contributed by atoms with Crippen LogP contribution in [0.1, 0.15) is 23.2 Å². The second kappa shape index (κ2) is 8.68. The van der Waals surface area contributed by atoms with Crippen molar-refractivity contribution in [2.24, 2.45) is 0 Å². The molecule has 2 rings (SSSR count). The maximum absolute atomic E-state index is 5.79. The molecule has 0 bridgehead atoms. The van der Waals surface area contributed by atoms with Gasteiger partial charge in [0.1, 0.15) is 0 Å². The third-order valence-electron chi connectivity index (χ3n) is 3.70. The maximum atomic E-state index is 5.79. The monoisotopic (exact) mass is 316 g/mol. The zero-order chi connectivity index (χ0) is 17.4. The Kier molecular flexibility index (Phi) is 6.32. The fraction of sp³-hybridized carbons (Fsp3) is 0.136. The molecule has 1 aromatic heterocycles. The number of nitrogens with two attached hydrogens (primary N) is 1. The Morgan fingerprint density at radius 2 is 2.08 bits per heavy atom. The Morgan fingerprint density at radius 3 is 2.79 bits per heavy atom. The zero-order valence-corrected chi connectivity index (χ0v) is 14.2. The van der Waals surface area contributed by atoms with Crippen LogP contribution in [0.15, 0.2) is 85.1 Å². The summed E-state index contributed by atoms with van der Waals surface area (Å²) in [7, 11) is 0. The molecule has 122 valence electrons. The Bertz CT molecular complexity index is 782. The van der Waals surface area contributed by atoms with Gasteiger partial charge in [-0.15, -0.1) is 0 Å². The lowest BCUT2D eigenvalue weighted by Gasteiger charge is -2.04. The van der Waals surface area contributed by atoms with Crippen molar-refractivity contribution in [2.45, 2.75) is 19.8 Å². The standard InChI is InChI=1S/C22H24N2/c1-4-19(10-11-21-12-13-24-18(3)15-21)14-17(2)8-9-20-6-5-7-22(23)16-20/h4-9,12-16H,1-2,10-11,23H2,3H3. The topological polar surface area (TPSA) is 38.9 Å². The van der Waals surface area contributed by atoms with Crippen LogP contribution in [0.4, 0.5) is 5.69 Å². The SMILES string of the molecule is C=CC(=CC(=C)C=Cc1cccc(N)c1)CCc1ccnc(C)c1. The van der Waals surface area contributed by atoms with Crippen LogP contribution in [0, 0.1) is 6.92 Å². The fourth-order valence-electron chi connectivity index (χ4n) is 2.43. The Hall–Kier alpha value is -2.87. The third kappa shape index (κ3) is 5.73. The van der Waals surface area contributed by atoms with Crippen LogP contribution in [0.5, 0.6) is 0 Å². The van der Waals surface area contributed by atoms with E-state index in [2.05, 4.69) is 36.4 Å². The predicted octanol–water partition coefficient (Wildman–Crippen LogP) is 5.29. The molecule has 24 heavy (non-hydrogen) atoms. The number of anilines is 1. The quantitative estimate of drug-likeness (QED) is 0.557.